The van der Waals surface area contributed by atoms with Gasteiger partial charge in [0.1, 0.15) is 0 Å². The monoisotopic (exact) mass is 348 g/mol. The number of hydrogen-bond donors (Lipinski definition) is 1. The van der Waals surface area contributed by atoms with Gasteiger partial charge in [-0.1, -0.05) is 42.1 Å². The molecule has 0 unspecified atom stereocenters. The van der Waals surface area contributed by atoms with Gasteiger partial charge < -0.3 is 14.6 Å². The summed E-state index contributed by atoms with van der Waals surface area (Å²) < 4.78 is 7.34. The maximum atomic E-state index is 11.8. The first-order valence-electron chi connectivity index (χ1n) is 8.04. The first-order valence-corrected chi connectivity index (χ1v) is 9.02. The average molecular weight is 348 g/mol. The summed E-state index contributed by atoms with van der Waals surface area (Å²) in [6, 6.07) is 9.94. The van der Waals surface area contributed by atoms with Crippen molar-refractivity contribution >= 4 is 17.7 Å². The maximum absolute atomic E-state index is 11.8. The predicted octanol–water partition coefficient (Wildman–Crippen LogP) is 2.51. The summed E-state index contributed by atoms with van der Waals surface area (Å²) in [5.74, 6) is 1.52. The van der Waals surface area contributed by atoms with Gasteiger partial charge in [-0.15, -0.1) is 10.2 Å². The molecule has 0 aliphatic carbocycles. The highest BCUT2D eigenvalue weighted by atomic mass is 32.2. The van der Waals surface area contributed by atoms with Crippen molar-refractivity contribution in [2.24, 2.45) is 7.05 Å². The molecule has 0 atom stereocenters. The number of carbonyl (C=O) groups excluding carboxylic acids is 1. The second-order valence-corrected chi connectivity index (χ2v) is 6.66. The van der Waals surface area contributed by atoms with E-state index in [4.69, 9.17) is 4.74 Å². The Morgan fingerprint density at radius 1 is 1.29 bits per heavy atom. The molecule has 2 aromatic rings. The van der Waals surface area contributed by atoms with Gasteiger partial charge in [-0.25, -0.2) is 0 Å². The molecule has 0 saturated heterocycles. The Labute approximate surface area is 147 Å². The number of benzene rings is 1. The molecule has 1 amide bonds. The van der Waals surface area contributed by atoms with E-state index >= 15 is 0 Å². The minimum absolute atomic E-state index is 0.0281. The Bertz CT molecular complexity index is 643. The molecule has 2 rings (SSSR count). The number of amides is 1. The van der Waals surface area contributed by atoms with Crippen molar-refractivity contribution in [2.45, 2.75) is 31.5 Å². The van der Waals surface area contributed by atoms with Crippen LogP contribution < -0.4 is 5.32 Å². The Balaban J connectivity index is 1.75. The van der Waals surface area contributed by atoms with Crippen LogP contribution in [-0.2, 0) is 16.6 Å². The van der Waals surface area contributed by atoms with Crippen LogP contribution in [0.4, 0.5) is 0 Å². The number of aromatic nitrogens is 3. The zero-order valence-electron chi connectivity index (χ0n) is 14.4. The van der Waals surface area contributed by atoms with Gasteiger partial charge in [-0.3, -0.25) is 4.79 Å². The van der Waals surface area contributed by atoms with E-state index in [1.54, 1.807) is 0 Å². The third-order valence-corrected chi connectivity index (χ3v) is 4.32. The third-order valence-electron chi connectivity index (χ3n) is 3.30. The van der Waals surface area contributed by atoms with Gasteiger partial charge in [-0.2, -0.15) is 0 Å². The highest BCUT2D eigenvalue weighted by Crippen LogP contribution is 2.22. The van der Waals surface area contributed by atoms with Crippen molar-refractivity contribution in [2.75, 3.05) is 18.9 Å². The van der Waals surface area contributed by atoms with Crippen molar-refractivity contribution in [3.05, 3.63) is 30.3 Å². The number of hydrogen-bond acceptors (Lipinski definition) is 5. The molecule has 1 aromatic heterocycles. The third kappa shape index (κ3) is 5.65. The Morgan fingerprint density at radius 3 is 2.75 bits per heavy atom. The summed E-state index contributed by atoms with van der Waals surface area (Å²) in [6.45, 7) is 5.04. The first-order chi connectivity index (χ1) is 11.6. The lowest BCUT2D eigenvalue weighted by Crippen LogP contribution is -2.28. The number of thioether (sulfide) groups is 1. The molecule has 130 valence electrons. The van der Waals surface area contributed by atoms with Gasteiger partial charge in [0.05, 0.1) is 12.7 Å². The zero-order chi connectivity index (χ0) is 17.4. The van der Waals surface area contributed by atoms with E-state index < -0.39 is 0 Å². The summed E-state index contributed by atoms with van der Waals surface area (Å²) in [7, 11) is 1.94. The van der Waals surface area contributed by atoms with Gasteiger partial charge in [0.25, 0.3) is 0 Å². The van der Waals surface area contributed by atoms with E-state index in [9.17, 15) is 4.79 Å². The van der Waals surface area contributed by atoms with Crippen LogP contribution in [-0.4, -0.2) is 45.7 Å². The molecule has 0 spiro atoms. The SMILES string of the molecule is CC(C)OCCNC(=O)CCSc1nnc(-c2ccccc2)n1C. The van der Waals surface area contributed by atoms with Crippen LogP contribution in [0.2, 0.25) is 0 Å². The fourth-order valence-electron chi connectivity index (χ4n) is 2.09. The van der Waals surface area contributed by atoms with E-state index in [2.05, 4.69) is 15.5 Å². The lowest BCUT2D eigenvalue weighted by molar-refractivity contribution is -0.121. The lowest BCUT2D eigenvalue weighted by Gasteiger charge is -2.08. The van der Waals surface area contributed by atoms with Crippen LogP contribution in [0, 0.1) is 0 Å². The van der Waals surface area contributed by atoms with Gasteiger partial charge in [0.15, 0.2) is 11.0 Å². The van der Waals surface area contributed by atoms with E-state index in [1.165, 1.54) is 11.8 Å². The molecule has 0 aliphatic heterocycles. The van der Waals surface area contributed by atoms with E-state index in [-0.39, 0.29) is 12.0 Å². The van der Waals surface area contributed by atoms with Crippen molar-refractivity contribution in [1.29, 1.82) is 0 Å². The second-order valence-electron chi connectivity index (χ2n) is 5.60. The summed E-state index contributed by atoms with van der Waals surface area (Å²) in [4.78, 5) is 11.8. The fraction of sp³-hybridized carbons (Fsp3) is 0.471. The molecule has 0 radical (unpaired) electrons. The molecule has 7 heteroatoms. The molecule has 1 N–H and O–H groups in total. The Hall–Kier alpha value is -1.86. The highest BCUT2D eigenvalue weighted by molar-refractivity contribution is 7.99. The van der Waals surface area contributed by atoms with Crippen LogP contribution in [0.5, 0.6) is 0 Å². The van der Waals surface area contributed by atoms with Crippen LogP contribution >= 0.6 is 11.8 Å². The van der Waals surface area contributed by atoms with E-state index in [1.807, 2.05) is 55.8 Å². The molecule has 6 nitrogen and oxygen atoms in total. The summed E-state index contributed by atoms with van der Waals surface area (Å²) in [5, 5.41) is 12.1. The maximum Gasteiger partial charge on any atom is 0.220 e. The van der Waals surface area contributed by atoms with Gasteiger partial charge in [0.2, 0.25) is 5.91 Å². The zero-order valence-corrected chi connectivity index (χ0v) is 15.2. The molecule has 0 fully saturated rings. The highest BCUT2D eigenvalue weighted by Gasteiger charge is 2.11. The number of nitrogens with zero attached hydrogens (tertiary/aromatic N) is 3. The van der Waals surface area contributed by atoms with Gasteiger partial charge in [-0.05, 0) is 13.8 Å². The van der Waals surface area contributed by atoms with E-state index in [0.717, 1.165) is 16.5 Å². The van der Waals surface area contributed by atoms with Crippen molar-refractivity contribution in [3.8, 4) is 11.4 Å². The minimum Gasteiger partial charge on any atom is -0.377 e. The lowest BCUT2D eigenvalue weighted by atomic mass is 10.2. The second kappa shape index (κ2) is 9.44. The topological polar surface area (TPSA) is 69.0 Å². The summed E-state index contributed by atoms with van der Waals surface area (Å²) in [6.07, 6.45) is 0.632. The Morgan fingerprint density at radius 2 is 2.04 bits per heavy atom. The fourth-order valence-corrected chi connectivity index (χ4v) is 2.94. The van der Waals surface area contributed by atoms with Gasteiger partial charge in [0, 0.05) is 31.3 Å². The number of carbonyl (C=O) groups is 1. The number of nitrogens with one attached hydrogen (secondary N) is 1. The standard InChI is InChI=1S/C17H24N4O2S/c1-13(2)23-11-10-18-15(22)9-12-24-17-20-19-16(21(17)3)14-7-5-4-6-8-14/h4-8,13H,9-12H2,1-3H3,(H,18,22). The molecule has 1 aromatic carbocycles. The number of ether oxygens (including phenoxy) is 1. The number of rotatable bonds is 9. The molecule has 1 heterocycles. The molecule has 0 bridgehead atoms. The van der Waals surface area contributed by atoms with Crippen LogP contribution in [0.1, 0.15) is 20.3 Å². The van der Waals surface area contributed by atoms with Gasteiger partial charge >= 0.3 is 0 Å². The van der Waals surface area contributed by atoms with Crippen molar-refractivity contribution in [3.63, 3.8) is 0 Å². The smallest absolute Gasteiger partial charge is 0.220 e. The first kappa shape index (κ1) is 18.5. The quantitative estimate of drug-likeness (QED) is 0.557. The van der Waals surface area contributed by atoms with Crippen LogP contribution in [0.25, 0.3) is 11.4 Å². The van der Waals surface area contributed by atoms with Crippen LogP contribution in [0.3, 0.4) is 0 Å². The average Bonchev–Trinajstić information content (AvgIpc) is 2.93. The largest absolute Gasteiger partial charge is 0.377 e. The minimum atomic E-state index is 0.0281. The summed E-state index contributed by atoms with van der Waals surface area (Å²) >= 11 is 1.53. The van der Waals surface area contributed by atoms with Crippen molar-refractivity contribution in [1.82, 2.24) is 20.1 Å². The molecular formula is C17H24N4O2S. The molecular weight excluding hydrogens is 324 g/mol. The van der Waals surface area contributed by atoms with Crippen molar-refractivity contribution < 1.29 is 9.53 Å². The molecule has 0 saturated carbocycles. The predicted molar refractivity (Wildman–Crippen MR) is 95.9 cm³/mol. The summed E-state index contributed by atoms with van der Waals surface area (Å²) in [5.41, 5.74) is 1.03. The Kier molecular flexibility index (Phi) is 7.27. The molecule has 24 heavy (non-hydrogen) atoms. The molecule has 0 aliphatic rings. The normalized spacial score (nSPS) is 11.0. The van der Waals surface area contributed by atoms with Crippen LogP contribution in [0.15, 0.2) is 35.5 Å². The van der Waals surface area contributed by atoms with E-state index in [0.29, 0.717) is 25.3 Å².